The molecule has 0 bridgehead atoms. The molecule has 1 unspecified atom stereocenters. The minimum absolute atomic E-state index is 0.303. The molecule has 1 aromatic carbocycles. The molecule has 1 saturated carbocycles. The van der Waals surface area contributed by atoms with Crippen molar-refractivity contribution in [1.82, 2.24) is 10.6 Å². The molecule has 0 aromatic heterocycles. The largest absolute Gasteiger partial charge is 0.356 e. The van der Waals surface area contributed by atoms with E-state index in [1.807, 2.05) is 0 Å². The maximum absolute atomic E-state index is 4.50. The molecule has 3 nitrogen and oxygen atoms in total. The van der Waals surface area contributed by atoms with E-state index in [0.29, 0.717) is 11.5 Å². The fourth-order valence-electron chi connectivity index (χ4n) is 3.32. The van der Waals surface area contributed by atoms with E-state index in [1.54, 1.807) is 0 Å². The van der Waals surface area contributed by atoms with E-state index in [-0.39, 0.29) is 0 Å². The first-order valence-electron chi connectivity index (χ1n) is 7.39. The third-order valence-corrected chi connectivity index (χ3v) is 4.45. The number of hydrogen-bond donors (Lipinski definition) is 2. The van der Waals surface area contributed by atoms with Gasteiger partial charge >= 0.3 is 0 Å². The predicted octanol–water partition coefficient (Wildman–Crippen LogP) is 2.44. The summed E-state index contributed by atoms with van der Waals surface area (Å²) in [5.74, 6) is 0.981. The van der Waals surface area contributed by atoms with Crippen molar-refractivity contribution < 1.29 is 0 Å². The molecule has 2 N–H and O–H groups in total. The smallest absolute Gasteiger partial charge is 0.191 e. The van der Waals surface area contributed by atoms with Crippen molar-refractivity contribution in [3.05, 3.63) is 35.9 Å². The molecular formula is C16H23N3. The van der Waals surface area contributed by atoms with Gasteiger partial charge in [-0.15, -0.1) is 0 Å². The molecule has 1 fully saturated rings. The second-order valence-corrected chi connectivity index (χ2v) is 5.94. The fraction of sp³-hybridized carbons (Fsp3) is 0.562. The van der Waals surface area contributed by atoms with Crippen LogP contribution in [0.15, 0.2) is 35.3 Å². The maximum Gasteiger partial charge on any atom is 0.191 e. The standard InChI is InChI=1S/C16H23N3/c1-13-11-17-15(19-13)18-12-16(9-5-6-10-16)14-7-3-2-4-8-14/h2-4,7-8,13H,5-6,9-12H2,1H3,(H2,17,18,19). The molecule has 2 aliphatic rings. The predicted molar refractivity (Wildman–Crippen MR) is 79.5 cm³/mol. The van der Waals surface area contributed by atoms with Gasteiger partial charge in [0.15, 0.2) is 5.96 Å². The molecule has 0 radical (unpaired) electrons. The monoisotopic (exact) mass is 257 g/mol. The molecule has 1 aromatic rings. The Kier molecular flexibility index (Phi) is 3.45. The minimum Gasteiger partial charge on any atom is -0.356 e. The number of nitrogens with zero attached hydrogens (tertiary/aromatic N) is 1. The Bertz CT molecular complexity index is 446. The van der Waals surface area contributed by atoms with Crippen molar-refractivity contribution in [3.8, 4) is 0 Å². The third-order valence-electron chi connectivity index (χ3n) is 4.45. The van der Waals surface area contributed by atoms with Gasteiger partial charge in [-0.25, -0.2) is 0 Å². The molecule has 3 heteroatoms. The topological polar surface area (TPSA) is 36.4 Å². The van der Waals surface area contributed by atoms with Crippen LogP contribution >= 0.6 is 0 Å². The van der Waals surface area contributed by atoms with Gasteiger partial charge in [-0.2, -0.15) is 0 Å². The van der Waals surface area contributed by atoms with Gasteiger partial charge in [0.05, 0.1) is 6.54 Å². The highest BCUT2D eigenvalue weighted by atomic mass is 15.2. The SMILES string of the molecule is CC1CN=C(NCC2(c3ccccc3)CCCC2)N1. The average molecular weight is 257 g/mol. The first-order chi connectivity index (χ1) is 9.28. The van der Waals surface area contributed by atoms with Gasteiger partial charge in [-0.05, 0) is 25.3 Å². The minimum atomic E-state index is 0.303. The van der Waals surface area contributed by atoms with Crippen molar-refractivity contribution >= 4 is 5.96 Å². The average Bonchev–Trinajstić information content (AvgIpc) is 3.07. The second-order valence-electron chi connectivity index (χ2n) is 5.94. The van der Waals surface area contributed by atoms with Crippen molar-refractivity contribution in [2.24, 2.45) is 4.99 Å². The maximum atomic E-state index is 4.50. The highest BCUT2D eigenvalue weighted by molar-refractivity contribution is 5.81. The lowest BCUT2D eigenvalue weighted by Crippen LogP contribution is -2.44. The summed E-state index contributed by atoms with van der Waals surface area (Å²) in [4.78, 5) is 4.50. The van der Waals surface area contributed by atoms with Crippen LogP contribution in [-0.4, -0.2) is 25.1 Å². The number of nitrogens with one attached hydrogen (secondary N) is 2. The van der Waals surface area contributed by atoms with E-state index in [4.69, 9.17) is 0 Å². The Labute approximate surface area is 115 Å². The molecule has 1 heterocycles. The zero-order valence-corrected chi connectivity index (χ0v) is 11.7. The van der Waals surface area contributed by atoms with Crippen LogP contribution < -0.4 is 10.6 Å². The van der Waals surface area contributed by atoms with Gasteiger partial charge in [0.1, 0.15) is 0 Å². The van der Waals surface area contributed by atoms with Gasteiger partial charge in [-0.3, -0.25) is 4.99 Å². The summed E-state index contributed by atoms with van der Waals surface area (Å²) in [7, 11) is 0. The van der Waals surface area contributed by atoms with Gasteiger partial charge in [-0.1, -0.05) is 43.2 Å². The lowest BCUT2D eigenvalue weighted by molar-refractivity contribution is 0.432. The zero-order chi connectivity index (χ0) is 13.1. The van der Waals surface area contributed by atoms with Gasteiger partial charge in [0.25, 0.3) is 0 Å². The van der Waals surface area contributed by atoms with Gasteiger partial charge in [0.2, 0.25) is 0 Å². The molecular weight excluding hydrogens is 234 g/mol. The van der Waals surface area contributed by atoms with E-state index in [2.05, 4.69) is 52.9 Å². The Hall–Kier alpha value is -1.51. The molecule has 102 valence electrons. The summed E-state index contributed by atoms with van der Waals surface area (Å²) in [5, 5.41) is 6.92. The highest BCUT2D eigenvalue weighted by Crippen LogP contribution is 2.40. The van der Waals surface area contributed by atoms with E-state index < -0.39 is 0 Å². The molecule has 1 aliphatic heterocycles. The first kappa shape index (κ1) is 12.5. The summed E-state index contributed by atoms with van der Waals surface area (Å²) >= 11 is 0. The first-order valence-corrected chi connectivity index (χ1v) is 7.39. The van der Waals surface area contributed by atoms with Crippen LogP contribution in [0.4, 0.5) is 0 Å². The van der Waals surface area contributed by atoms with E-state index >= 15 is 0 Å². The van der Waals surface area contributed by atoms with Crippen LogP contribution in [-0.2, 0) is 5.41 Å². The van der Waals surface area contributed by atoms with E-state index in [9.17, 15) is 0 Å². The molecule has 19 heavy (non-hydrogen) atoms. The summed E-state index contributed by atoms with van der Waals surface area (Å²) in [5.41, 5.74) is 1.78. The lowest BCUT2D eigenvalue weighted by Gasteiger charge is -2.30. The lowest BCUT2D eigenvalue weighted by atomic mass is 9.79. The highest BCUT2D eigenvalue weighted by Gasteiger charge is 2.35. The quantitative estimate of drug-likeness (QED) is 0.872. The number of guanidine groups is 1. The Morgan fingerprint density at radius 1 is 1.26 bits per heavy atom. The number of rotatable bonds is 3. The molecule has 1 atom stereocenters. The van der Waals surface area contributed by atoms with Gasteiger partial charge in [0, 0.05) is 18.0 Å². The molecule has 1 aliphatic carbocycles. The second kappa shape index (κ2) is 5.24. The zero-order valence-electron chi connectivity index (χ0n) is 11.7. The summed E-state index contributed by atoms with van der Waals surface area (Å²) < 4.78 is 0. The van der Waals surface area contributed by atoms with Crippen LogP contribution in [0.2, 0.25) is 0 Å². The Morgan fingerprint density at radius 3 is 2.63 bits per heavy atom. The van der Waals surface area contributed by atoms with Crippen molar-refractivity contribution in [3.63, 3.8) is 0 Å². The molecule has 3 rings (SSSR count). The van der Waals surface area contributed by atoms with E-state index in [0.717, 1.165) is 19.0 Å². The summed E-state index contributed by atoms with van der Waals surface area (Å²) in [6.45, 7) is 4.05. The molecule has 0 saturated heterocycles. The molecule has 0 spiro atoms. The van der Waals surface area contributed by atoms with Crippen LogP contribution in [0.3, 0.4) is 0 Å². The summed E-state index contributed by atoms with van der Waals surface area (Å²) in [6, 6.07) is 11.4. The molecule has 0 amide bonds. The fourth-order valence-corrected chi connectivity index (χ4v) is 3.32. The third kappa shape index (κ3) is 2.60. The summed E-state index contributed by atoms with van der Waals surface area (Å²) in [6.07, 6.45) is 5.25. The Morgan fingerprint density at radius 2 is 2.00 bits per heavy atom. The number of benzene rings is 1. The van der Waals surface area contributed by atoms with Crippen LogP contribution in [0.25, 0.3) is 0 Å². The van der Waals surface area contributed by atoms with Gasteiger partial charge < -0.3 is 10.6 Å². The Balaban J connectivity index is 1.71. The normalized spacial score (nSPS) is 24.9. The van der Waals surface area contributed by atoms with Crippen LogP contribution in [0, 0.1) is 0 Å². The van der Waals surface area contributed by atoms with E-state index in [1.165, 1.54) is 31.2 Å². The van der Waals surface area contributed by atoms with Crippen molar-refractivity contribution in [2.45, 2.75) is 44.1 Å². The van der Waals surface area contributed by atoms with Crippen LogP contribution in [0.5, 0.6) is 0 Å². The number of hydrogen-bond acceptors (Lipinski definition) is 3. The number of aliphatic imine (C=N–C) groups is 1. The van der Waals surface area contributed by atoms with Crippen LogP contribution in [0.1, 0.15) is 38.2 Å². The van der Waals surface area contributed by atoms with Crippen molar-refractivity contribution in [2.75, 3.05) is 13.1 Å². The van der Waals surface area contributed by atoms with Crippen molar-refractivity contribution in [1.29, 1.82) is 0 Å².